The second kappa shape index (κ2) is 10.2. The van der Waals surface area contributed by atoms with E-state index in [0.717, 1.165) is 17.5 Å². The van der Waals surface area contributed by atoms with Crippen LogP contribution in [0.1, 0.15) is 29.6 Å². The Bertz CT molecular complexity index is 1200. The molecule has 166 valence electrons. The third kappa shape index (κ3) is 5.21. The number of para-hydroxylation sites is 2. The van der Waals surface area contributed by atoms with E-state index in [1.807, 2.05) is 35.8 Å². The molecule has 0 unspecified atom stereocenters. The molecule has 1 aromatic carbocycles. The molecule has 0 fully saturated rings. The van der Waals surface area contributed by atoms with Gasteiger partial charge in [-0.3, -0.25) is 20.2 Å². The first-order valence-electron chi connectivity index (χ1n) is 10.3. The number of imidazole rings is 1. The number of hydrogen-bond donors (Lipinski definition) is 2. The molecular formula is C22H23N5O4S. The standard InChI is InChI=1S/C22H23N5O4S/c1-2-30-11-6-10-27-17-8-4-3-7-16(17)24-21(27)25-19(28)13-15-14-32-22(23-15)26-20(29)18-9-5-12-31-18/h3-5,7-9,12,14H,2,6,10-11,13H2,1H3,(H,23,26,29)(H,24,25,28). The summed E-state index contributed by atoms with van der Waals surface area (Å²) in [6.07, 6.45) is 2.30. The Morgan fingerprint density at radius 3 is 2.84 bits per heavy atom. The van der Waals surface area contributed by atoms with Crippen molar-refractivity contribution in [3.05, 3.63) is 59.5 Å². The maximum absolute atomic E-state index is 12.7. The summed E-state index contributed by atoms with van der Waals surface area (Å²) in [7, 11) is 0. The third-order valence-electron chi connectivity index (χ3n) is 4.64. The van der Waals surface area contributed by atoms with Crippen LogP contribution in [0.25, 0.3) is 11.0 Å². The molecule has 0 atom stereocenters. The van der Waals surface area contributed by atoms with Crippen molar-refractivity contribution >= 4 is 45.3 Å². The molecule has 3 heterocycles. The number of carbonyl (C=O) groups is 2. The minimum absolute atomic E-state index is 0.0648. The number of thiazole rings is 1. The van der Waals surface area contributed by atoms with Gasteiger partial charge in [0.15, 0.2) is 10.9 Å². The number of aryl methyl sites for hydroxylation is 1. The van der Waals surface area contributed by atoms with Crippen LogP contribution in [0.15, 0.2) is 52.5 Å². The molecule has 3 aromatic heterocycles. The number of aromatic nitrogens is 3. The molecule has 10 heteroatoms. The van der Waals surface area contributed by atoms with E-state index in [0.29, 0.717) is 36.5 Å². The molecule has 0 saturated carbocycles. The monoisotopic (exact) mass is 453 g/mol. The Kier molecular flexibility index (Phi) is 6.93. The summed E-state index contributed by atoms with van der Waals surface area (Å²) >= 11 is 1.25. The molecule has 2 amide bonds. The lowest BCUT2D eigenvalue weighted by atomic mass is 10.3. The molecule has 4 aromatic rings. The first kappa shape index (κ1) is 21.7. The van der Waals surface area contributed by atoms with Crippen LogP contribution in [0.2, 0.25) is 0 Å². The van der Waals surface area contributed by atoms with Crippen molar-refractivity contribution < 1.29 is 18.7 Å². The summed E-state index contributed by atoms with van der Waals surface area (Å²) in [4.78, 5) is 33.6. The van der Waals surface area contributed by atoms with Crippen LogP contribution in [0.4, 0.5) is 11.1 Å². The molecule has 9 nitrogen and oxygen atoms in total. The predicted molar refractivity (Wildman–Crippen MR) is 122 cm³/mol. The van der Waals surface area contributed by atoms with E-state index < -0.39 is 0 Å². The zero-order valence-corrected chi connectivity index (χ0v) is 18.4. The Balaban J connectivity index is 1.40. The van der Waals surface area contributed by atoms with E-state index in [1.165, 1.54) is 17.6 Å². The number of rotatable bonds is 10. The van der Waals surface area contributed by atoms with Gasteiger partial charge in [-0.2, -0.15) is 0 Å². The second-order valence-electron chi connectivity index (χ2n) is 6.93. The van der Waals surface area contributed by atoms with Crippen LogP contribution in [-0.2, 0) is 22.5 Å². The third-order valence-corrected chi connectivity index (χ3v) is 5.45. The Hall–Kier alpha value is -3.50. The lowest BCUT2D eigenvalue weighted by Crippen LogP contribution is -2.18. The molecule has 0 saturated heterocycles. The number of benzene rings is 1. The van der Waals surface area contributed by atoms with E-state index in [1.54, 1.807) is 17.5 Å². The fourth-order valence-corrected chi connectivity index (χ4v) is 3.92. The van der Waals surface area contributed by atoms with E-state index >= 15 is 0 Å². The number of carbonyl (C=O) groups excluding carboxylic acids is 2. The van der Waals surface area contributed by atoms with Gasteiger partial charge in [-0.05, 0) is 37.6 Å². The van der Waals surface area contributed by atoms with Gasteiger partial charge >= 0.3 is 0 Å². The number of nitrogens with zero attached hydrogens (tertiary/aromatic N) is 3. The highest BCUT2D eigenvalue weighted by Crippen LogP contribution is 2.21. The SMILES string of the molecule is CCOCCCn1c(NC(=O)Cc2csc(NC(=O)c3ccco3)n2)nc2ccccc21. The van der Waals surface area contributed by atoms with Gasteiger partial charge in [-0.25, -0.2) is 9.97 Å². The first-order chi connectivity index (χ1) is 15.6. The van der Waals surface area contributed by atoms with Gasteiger partial charge in [0.05, 0.1) is 29.4 Å². The van der Waals surface area contributed by atoms with E-state index in [4.69, 9.17) is 9.15 Å². The maximum atomic E-state index is 12.7. The molecular weight excluding hydrogens is 430 g/mol. The maximum Gasteiger partial charge on any atom is 0.293 e. The van der Waals surface area contributed by atoms with Crippen molar-refractivity contribution in [2.45, 2.75) is 26.3 Å². The highest BCUT2D eigenvalue weighted by Gasteiger charge is 2.16. The van der Waals surface area contributed by atoms with E-state index in [-0.39, 0.29) is 24.0 Å². The Morgan fingerprint density at radius 2 is 2.03 bits per heavy atom. The smallest absolute Gasteiger partial charge is 0.293 e. The number of hydrogen-bond acceptors (Lipinski definition) is 7. The zero-order chi connectivity index (χ0) is 22.3. The molecule has 0 aliphatic rings. The molecule has 0 bridgehead atoms. The Labute approximate surface area is 188 Å². The van der Waals surface area contributed by atoms with Crippen molar-refractivity contribution in [1.29, 1.82) is 0 Å². The van der Waals surface area contributed by atoms with Gasteiger partial charge < -0.3 is 13.7 Å². The Morgan fingerprint density at radius 1 is 1.16 bits per heavy atom. The highest BCUT2D eigenvalue weighted by molar-refractivity contribution is 7.14. The average Bonchev–Trinajstić information content (AvgIpc) is 3.52. The number of nitrogens with one attached hydrogen (secondary N) is 2. The van der Waals surface area contributed by atoms with Crippen LogP contribution in [0, 0.1) is 0 Å². The summed E-state index contributed by atoms with van der Waals surface area (Å²) in [5, 5.41) is 7.70. The molecule has 0 aliphatic heterocycles. The molecule has 2 N–H and O–H groups in total. The number of ether oxygens (including phenoxy) is 1. The van der Waals surface area contributed by atoms with E-state index in [2.05, 4.69) is 20.6 Å². The summed E-state index contributed by atoms with van der Waals surface area (Å²) in [5.74, 6) is 0.0682. The van der Waals surface area contributed by atoms with Gasteiger partial charge in [0.25, 0.3) is 5.91 Å². The molecule has 4 rings (SSSR count). The lowest BCUT2D eigenvalue weighted by molar-refractivity contribution is -0.115. The predicted octanol–water partition coefficient (Wildman–Crippen LogP) is 3.95. The average molecular weight is 454 g/mol. The molecule has 0 radical (unpaired) electrons. The van der Waals surface area contributed by atoms with Crippen LogP contribution < -0.4 is 10.6 Å². The summed E-state index contributed by atoms with van der Waals surface area (Å²) in [6.45, 7) is 3.95. The quantitative estimate of drug-likeness (QED) is 0.352. The number of fused-ring (bicyclic) bond motifs is 1. The topological polar surface area (TPSA) is 111 Å². The van der Waals surface area contributed by atoms with Crippen LogP contribution in [-0.4, -0.2) is 39.6 Å². The van der Waals surface area contributed by atoms with Crippen molar-refractivity contribution in [1.82, 2.24) is 14.5 Å². The van der Waals surface area contributed by atoms with Gasteiger partial charge in [0.2, 0.25) is 11.9 Å². The molecule has 0 aliphatic carbocycles. The normalized spacial score (nSPS) is 11.0. The van der Waals surface area contributed by atoms with Crippen molar-refractivity contribution in [3.63, 3.8) is 0 Å². The summed E-state index contributed by atoms with van der Waals surface area (Å²) in [6, 6.07) is 11.0. The summed E-state index contributed by atoms with van der Waals surface area (Å²) in [5.41, 5.74) is 2.33. The van der Waals surface area contributed by atoms with Crippen molar-refractivity contribution in [3.8, 4) is 0 Å². The van der Waals surface area contributed by atoms with Crippen LogP contribution in [0.5, 0.6) is 0 Å². The lowest BCUT2D eigenvalue weighted by Gasteiger charge is -2.10. The molecule has 32 heavy (non-hydrogen) atoms. The van der Waals surface area contributed by atoms with Gasteiger partial charge in [-0.15, -0.1) is 11.3 Å². The van der Waals surface area contributed by atoms with Gasteiger partial charge in [0, 0.05) is 25.1 Å². The van der Waals surface area contributed by atoms with Crippen molar-refractivity contribution in [2.75, 3.05) is 23.8 Å². The zero-order valence-electron chi connectivity index (χ0n) is 17.5. The largest absolute Gasteiger partial charge is 0.459 e. The minimum Gasteiger partial charge on any atom is -0.459 e. The number of furan rings is 1. The fourth-order valence-electron chi connectivity index (χ4n) is 3.21. The van der Waals surface area contributed by atoms with Crippen molar-refractivity contribution in [2.24, 2.45) is 0 Å². The first-order valence-corrected chi connectivity index (χ1v) is 11.1. The second-order valence-corrected chi connectivity index (χ2v) is 7.78. The fraction of sp³-hybridized carbons (Fsp3) is 0.273. The van der Waals surface area contributed by atoms with Gasteiger partial charge in [-0.1, -0.05) is 12.1 Å². The summed E-state index contributed by atoms with van der Waals surface area (Å²) < 4.78 is 12.5. The van der Waals surface area contributed by atoms with Crippen LogP contribution >= 0.6 is 11.3 Å². The van der Waals surface area contributed by atoms with Gasteiger partial charge in [0.1, 0.15) is 0 Å². The number of anilines is 2. The van der Waals surface area contributed by atoms with E-state index in [9.17, 15) is 9.59 Å². The highest BCUT2D eigenvalue weighted by atomic mass is 32.1. The van der Waals surface area contributed by atoms with Crippen LogP contribution in [0.3, 0.4) is 0 Å². The molecule has 0 spiro atoms. The minimum atomic E-state index is -0.388. The number of amides is 2.